The van der Waals surface area contributed by atoms with Gasteiger partial charge in [0.25, 0.3) is 0 Å². The topological polar surface area (TPSA) is 17.1 Å². The minimum Gasteiger partial charge on any atom is -0.299 e. The molecule has 0 spiro atoms. The summed E-state index contributed by atoms with van der Waals surface area (Å²) in [4.78, 5) is 12.7. The standard InChI is InChI=1S/C22H29BrO/c1-2-3-14-4-6-15(7-5-14)10-20-21(24)12-17-11-16-8-9-18(23)13-19(16)22(17)20/h8-9,13-15,17,20,22H,2-7,10-12H2,1H3. The van der Waals surface area contributed by atoms with Crippen molar-refractivity contribution < 1.29 is 4.79 Å². The number of carbonyl (C=O) groups excluding carboxylic acids is 1. The minimum absolute atomic E-state index is 0.304. The number of rotatable bonds is 4. The van der Waals surface area contributed by atoms with Crippen molar-refractivity contribution in [2.45, 2.75) is 70.6 Å². The molecule has 3 unspecified atom stereocenters. The van der Waals surface area contributed by atoms with Crippen LogP contribution in [0.15, 0.2) is 22.7 Å². The van der Waals surface area contributed by atoms with Crippen molar-refractivity contribution in [3.8, 4) is 0 Å². The summed E-state index contributed by atoms with van der Waals surface area (Å²) in [5.41, 5.74) is 2.97. The largest absolute Gasteiger partial charge is 0.299 e. The van der Waals surface area contributed by atoms with Gasteiger partial charge >= 0.3 is 0 Å². The highest BCUT2D eigenvalue weighted by Crippen LogP contribution is 2.53. The van der Waals surface area contributed by atoms with Crippen LogP contribution >= 0.6 is 15.9 Å². The SMILES string of the molecule is CCCC1CCC(CC2C(=O)CC3Cc4ccc(Br)cc4C32)CC1. The molecule has 0 aliphatic heterocycles. The van der Waals surface area contributed by atoms with Crippen molar-refractivity contribution in [1.29, 1.82) is 0 Å². The number of halogens is 1. The van der Waals surface area contributed by atoms with E-state index in [4.69, 9.17) is 0 Å². The van der Waals surface area contributed by atoms with E-state index in [0.717, 1.165) is 31.1 Å². The third kappa shape index (κ3) is 3.11. The second-order valence-corrected chi connectivity index (χ2v) is 9.44. The summed E-state index contributed by atoms with van der Waals surface area (Å²) < 4.78 is 1.17. The number of benzene rings is 1. The van der Waals surface area contributed by atoms with E-state index in [9.17, 15) is 4.79 Å². The van der Waals surface area contributed by atoms with Crippen LogP contribution in [0.3, 0.4) is 0 Å². The van der Waals surface area contributed by atoms with Crippen molar-refractivity contribution in [2.24, 2.45) is 23.7 Å². The van der Waals surface area contributed by atoms with E-state index in [1.165, 1.54) is 54.1 Å². The lowest BCUT2D eigenvalue weighted by molar-refractivity contribution is -0.121. The maximum Gasteiger partial charge on any atom is 0.136 e. The van der Waals surface area contributed by atoms with Crippen LogP contribution in [0.5, 0.6) is 0 Å². The van der Waals surface area contributed by atoms with Gasteiger partial charge in [-0.2, -0.15) is 0 Å². The van der Waals surface area contributed by atoms with Gasteiger partial charge in [0.05, 0.1) is 0 Å². The molecule has 0 radical (unpaired) electrons. The zero-order chi connectivity index (χ0) is 16.7. The van der Waals surface area contributed by atoms with Crippen molar-refractivity contribution >= 4 is 21.7 Å². The first-order valence-corrected chi connectivity index (χ1v) is 10.8. The summed E-state index contributed by atoms with van der Waals surface area (Å²) >= 11 is 3.63. The quantitative estimate of drug-likeness (QED) is 0.591. The van der Waals surface area contributed by atoms with Gasteiger partial charge in [0.1, 0.15) is 5.78 Å². The summed E-state index contributed by atoms with van der Waals surface area (Å²) in [7, 11) is 0. The Kier molecular flexibility index (Phi) is 4.86. The number of fused-ring (bicyclic) bond motifs is 3. The molecule has 130 valence electrons. The van der Waals surface area contributed by atoms with Gasteiger partial charge in [-0.05, 0) is 59.8 Å². The molecule has 2 saturated carbocycles. The van der Waals surface area contributed by atoms with E-state index < -0.39 is 0 Å². The monoisotopic (exact) mass is 388 g/mol. The van der Waals surface area contributed by atoms with E-state index in [-0.39, 0.29) is 0 Å². The molecule has 3 aliphatic carbocycles. The molecule has 1 aromatic rings. The number of ketones is 1. The highest BCUT2D eigenvalue weighted by Gasteiger charge is 2.47. The summed E-state index contributed by atoms with van der Waals surface area (Å²) in [6, 6.07) is 6.73. The first kappa shape index (κ1) is 16.8. The van der Waals surface area contributed by atoms with E-state index >= 15 is 0 Å². The molecule has 3 aliphatic rings. The van der Waals surface area contributed by atoms with Crippen LogP contribution in [0.25, 0.3) is 0 Å². The summed E-state index contributed by atoms with van der Waals surface area (Å²) in [5, 5.41) is 0. The van der Waals surface area contributed by atoms with Gasteiger partial charge in [0, 0.05) is 16.8 Å². The lowest BCUT2D eigenvalue weighted by Gasteiger charge is -2.31. The van der Waals surface area contributed by atoms with Gasteiger partial charge in [0.2, 0.25) is 0 Å². The van der Waals surface area contributed by atoms with E-state index in [1.807, 2.05) is 0 Å². The highest BCUT2D eigenvalue weighted by molar-refractivity contribution is 9.10. The molecule has 2 heteroatoms. The van der Waals surface area contributed by atoms with E-state index in [1.54, 1.807) is 0 Å². The molecule has 0 aromatic heterocycles. The van der Waals surface area contributed by atoms with Crippen molar-refractivity contribution in [3.63, 3.8) is 0 Å². The normalized spacial score (nSPS) is 35.1. The molecule has 2 fully saturated rings. The smallest absolute Gasteiger partial charge is 0.136 e. The Morgan fingerprint density at radius 3 is 2.58 bits per heavy atom. The zero-order valence-electron chi connectivity index (χ0n) is 14.8. The fourth-order valence-electron chi connectivity index (χ4n) is 5.88. The van der Waals surface area contributed by atoms with Gasteiger partial charge in [-0.3, -0.25) is 4.79 Å². The molecule has 1 aromatic carbocycles. The average molecular weight is 389 g/mol. The first-order valence-electron chi connectivity index (χ1n) is 9.96. The predicted molar refractivity (Wildman–Crippen MR) is 102 cm³/mol. The molecular formula is C22H29BrO. The predicted octanol–water partition coefficient (Wildman–Crippen LogP) is 6.29. The maximum absolute atomic E-state index is 12.7. The third-order valence-corrected chi connectivity index (χ3v) is 7.51. The second kappa shape index (κ2) is 6.94. The Balaban J connectivity index is 1.46. The third-order valence-electron chi connectivity index (χ3n) is 7.02. The Hall–Kier alpha value is -0.630. The van der Waals surface area contributed by atoms with E-state index in [0.29, 0.717) is 23.5 Å². The number of Topliss-reactive ketones (excluding diaryl/α,β-unsaturated/α-hetero) is 1. The van der Waals surface area contributed by atoms with Gasteiger partial charge in [-0.25, -0.2) is 0 Å². The molecule has 0 bridgehead atoms. The van der Waals surface area contributed by atoms with Gasteiger partial charge in [-0.15, -0.1) is 0 Å². The summed E-state index contributed by atoms with van der Waals surface area (Å²) in [6.07, 6.45) is 11.4. The van der Waals surface area contributed by atoms with E-state index in [2.05, 4.69) is 41.1 Å². The molecule has 1 nitrogen and oxygen atoms in total. The van der Waals surface area contributed by atoms with Gasteiger partial charge in [0.15, 0.2) is 0 Å². The number of carbonyl (C=O) groups is 1. The molecule has 0 saturated heterocycles. The number of hydrogen-bond donors (Lipinski definition) is 0. The van der Waals surface area contributed by atoms with Gasteiger partial charge in [-0.1, -0.05) is 67.4 Å². The first-order chi connectivity index (χ1) is 11.7. The summed E-state index contributed by atoms with van der Waals surface area (Å²) in [5.74, 6) is 3.72. The van der Waals surface area contributed by atoms with Crippen molar-refractivity contribution in [1.82, 2.24) is 0 Å². The maximum atomic E-state index is 12.7. The van der Waals surface area contributed by atoms with Crippen molar-refractivity contribution in [3.05, 3.63) is 33.8 Å². The second-order valence-electron chi connectivity index (χ2n) is 8.52. The molecule has 0 heterocycles. The highest BCUT2D eigenvalue weighted by atomic mass is 79.9. The molecule has 0 amide bonds. The fraction of sp³-hybridized carbons (Fsp3) is 0.682. The Morgan fingerprint density at radius 2 is 1.83 bits per heavy atom. The van der Waals surface area contributed by atoms with Crippen LogP contribution in [-0.2, 0) is 11.2 Å². The molecular weight excluding hydrogens is 360 g/mol. The van der Waals surface area contributed by atoms with Gasteiger partial charge < -0.3 is 0 Å². The Labute approximate surface area is 154 Å². The fourth-order valence-corrected chi connectivity index (χ4v) is 6.26. The molecule has 4 rings (SSSR count). The average Bonchev–Trinajstić information content (AvgIpc) is 3.05. The molecule has 0 N–H and O–H groups in total. The Bertz CT molecular complexity index is 614. The molecule has 24 heavy (non-hydrogen) atoms. The van der Waals surface area contributed by atoms with Crippen LogP contribution < -0.4 is 0 Å². The van der Waals surface area contributed by atoms with Crippen LogP contribution in [0, 0.1) is 23.7 Å². The van der Waals surface area contributed by atoms with Crippen LogP contribution in [0.1, 0.15) is 75.3 Å². The zero-order valence-corrected chi connectivity index (χ0v) is 16.4. The lowest BCUT2D eigenvalue weighted by Crippen LogP contribution is -2.22. The van der Waals surface area contributed by atoms with Crippen LogP contribution in [0.4, 0.5) is 0 Å². The lowest BCUT2D eigenvalue weighted by atomic mass is 9.74. The van der Waals surface area contributed by atoms with Crippen LogP contribution in [-0.4, -0.2) is 5.78 Å². The number of hydrogen-bond acceptors (Lipinski definition) is 1. The Morgan fingerprint density at radius 1 is 1.08 bits per heavy atom. The summed E-state index contributed by atoms with van der Waals surface area (Å²) in [6.45, 7) is 2.30. The minimum atomic E-state index is 0.304. The van der Waals surface area contributed by atoms with Crippen molar-refractivity contribution in [2.75, 3.05) is 0 Å². The molecule has 3 atom stereocenters. The van der Waals surface area contributed by atoms with Crippen LogP contribution in [0.2, 0.25) is 0 Å².